The van der Waals surface area contributed by atoms with Crippen LogP contribution in [0, 0.1) is 0 Å². The number of halogens is 1. The van der Waals surface area contributed by atoms with Crippen molar-refractivity contribution in [1.29, 1.82) is 0 Å². The molecule has 0 spiro atoms. The monoisotopic (exact) mass is 448 g/mol. The maximum atomic E-state index is 12.9. The van der Waals surface area contributed by atoms with Gasteiger partial charge in [-0.15, -0.1) is 0 Å². The van der Waals surface area contributed by atoms with Crippen molar-refractivity contribution in [3.63, 3.8) is 0 Å². The van der Waals surface area contributed by atoms with Crippen LogP contribution >= 0.6 is 11.6 Å². The first kappa shape index (κ1) is 21.0. The van der Waals surface area contributed by atoms with Gasteiger partial charge in [0.15, 0.2) is 6.10 Å². The molecule has 8 heteroatoms. The Balaban J connectivity index is 1.53. The van der Waals surface area contributed by atoms with Gasteiger partial charge in [0, 0.05) is 5.02 Å². The first-order valence-corrected chi connectivity index (χ1v) is 12.3. The molecular weight excluding hydrogens is 424 g/mol. The van der Waals surface area contributed by atoms with Crippen molar-refractivity contribution in [3.8, 4) is 5.75 Å². The first-order chi connectivity index (χ1) is 14.2. The van der Waals surface area contributed by atoms with E-state index in [1.54, 1.807) is 12.1 Å². The lowest BCUT2D eigenvalue weighted by Gasteiger charge is -2.34. The minimum atomic E-state index is -3.60. The van der Waals surface area contributed by atoms with Crippen molar-refractivity contribution in [2.45, 2.75) is 44.8 Å². The summed E-state index contributed by atoms with van der Waals surface area (Å²) in [6, 6.07) is 10.9. The largest absolute Gasteiger partial charge is 0.476 e. The summed E-state index contributed by atoms with van der Waals surface area (Å²) in [7, 11) is -3.60. The third-order valence-electron chi connectivity index (χ3n) is 5.71. The van der Waals surface area contributed by atoms with Crippen LogP contribution in [0.2, 0.25) is 5.02 Å². The number of amides is 1. The number of nitrogens with one attached hydrogen (secondary N) is 1. The maximum Gasteiger partial charge on any atom is 0.263 e. The van der Waals surface area contributed by atoms with Gasteiger partial charge in [-0.1, -0.05) is 29.8 Å². The lowest BCUT2D eigenvalue weighted by Crippen LogP contribution is -2.50. The molecule has 0 saturated carbocycles. The Morgan fingerprint density at radius 1 is 1.17 bits per heavy atom. The molecule has 160 valence electrons. The molecule has 1 aliphatic heterocycles. The molecule has 2 aromatic rings. The van der Waals surface area contributed by atoms with Crippen LogP contribution in [0.4, 0.5) is 5.69 Å². The summed E-state index contributed by atoms with van der Waals surface area (Å²) in [4.78, 5) is 12.9. The van der Waals surface area contributed by atoms with Crippen LogP contribution in [-0.4, -0.2) is 33.2 Å². The summed E-state index contributed by atoms with van der Waals surface area (Å²) in [6.07, 6.45) is 4.75. The van der Waals surface area contributed by atoms with Gasteiger partial charge in [-0.05, 0) is 67.5 Å². The fraction of sp³-hybridized carbons (Fsp3) is 0.409. The highest BCUT2D eigenvalue weighted by molar-refractivity contribution is 7.92. The van der Waals surface area contributed by atoms with Crippen molar-refractivity contribution in [3.05, 3.63) is 58.1 Å². The van der Waals surface area contributed by atoms with Crippen LogP contribution in [0.25, 0.3) is 0 Å². The number of benzene rings is 2. The fourth-order valence-electron chi connectivity index (χ4n) is 4.09. The number of sulfonamides is 1. The number of rotatable bonds is 4. The first-order valence-electron chi connectivity index (χ1n) is 10.1. The fourth-order valence-corrected chi connectivity index (χ4v) is 5.16. The SMILES string of the molecule is C[C@H](NC(=O)[C@@H]1CN(S(C)(=O)=O)c2cc(Cl)ccc2O1)c1ccc2c(c1)CCCC2. The molecule has 1 N–H and O–H groups in total. The number of aryl methyl sites for hydroxylation is 2. The van der Waals surface area contributed by atoms with Gasteiger partial charge >= 0.3 is 0 Å². The zero-order valence-corrected chi connectivity index (χ0v) is 18.6. The second-order valence-electron chi connectivity index (χ2n) is 7.98. The van der Waals surface area contributed by atoms with Gasteiger partial charge in [0.05, 0.1) is 24.5 Å². The van der Waals surface area contributed by atoms with Crippen LogP contribution in [0.15, 0.2) is 36.4 Å². The molecule has 0 saturated heterocycles. The van der Waals surface area contributed by atoms with Gasteiger partial charge in [0.1, 0.15) is 5.75 Å². The number of fused-ring (bicyclic) bond motifs is 2. The summed E-state index contributed by atoms with van der Waals surface area (Å²) >= 11 is 6.02. The zero-order valence-electron chi connectivity index (χ0n) is 17.0. The Morgan fingerprint density at radius 2 is 1.90 bits per heavy atom. The number of carbonyl (C=O) groups excluding carboxylic acids is 1. The topological polar surface area (TPSA) is 75.7 Å². The second-order valence-corrected chi connectivity index (χ2v) is 10.3. The predicted octanol–water partition coefficient (Wildman–Crippen LogP) is 3.62. The number of nitrogens with zero attached hydrogens (tertiary/aromatic N) is 1. The zero-order chi connectivity index (χ0) is 21.5. The summed E-state index contributed by atoms with van der Waals surface area (Å²) in [5, 5.41) is 3.37. The molecule has 0 bridgehead atoms. The van der Waals surface area contributed by atoms with Gasteiger partial charge in [-0.2, -0.15) is 0 Å². The van der Waals surface area contributed by atoms with E-state index in [0.29, 0.717) is 16.5 Å². The highest BCUT2D eigenvalue weighted by Gasteiger charge is 2.35. The molecule has 1 aliphatic carbocycles. The van der Waals surface area contributed by atoms with Crippen molar-refractivity contribution in [2.24, 2.45) is 0 Å². The Kier molecular flexibility index (Phi) is 5.68. The lowest BCUT2D eigenvalue weighted by molar-refractivity contribution is -0.128. The van der Waals surface area contributed by atoms with Crippen LogP contribution in [0.1, 0.15) is 42.5 Å². The Bertz CT molecular complexity index is 1090. The quantitative estimate of drug-likeness (QED) is 0.775. The molecule has 2 aliphatic rings. The van der Waals surface area contributed by atoms with Crippen molar-refractivity contribution < 1.29 is 17.9 Å². The van der Waals surface area contributed by atoms with Crippen LogP contribution < -0.4 is 14.4 Å². The van der Waals surface area contributed by atoms with E-state index in [-0.39, 0.29) is 18.5 Å². The van der Waals surface area contributed by atoms with Gasteiger partial charge in [-0.25, -0.2) is 8.42 Å². The Labute approximate surface area is 182 Å². The average molecular weight is 449 g/mol. The van der Waals surface area contributed by atoms with E-state index in [0.717, 1.165) is 24.7 Å². The van der Waals surface area contributed by atoms with E-state index >= 15 is 0 Å². The summed E-state index contributed by atoms with van der Waals surface area (Å²) in [6.45, 7) is 1.82. The van der Waals surface area contributed by atoms with E-state index in [9.17, 15) is 13.2 Å². The van der Waals surface area contributed by atoms with Crippen LogP contribution in [-0.2, 0) is 27.7 Å². The molecule has 1 amide bonds. The molecule has 30 heavy (non-hydrogen) atoms. The predicted molar refractivity (Wildman–Crippen MR) is 118 cm³/mol. The molecule has 0 unspecified atom stereocenters. The number of carbonyl (C=O) groups is 1. The van der Waals surface area contributed by atoms with Crippen LogP contribution in [0.5, 0.6) is 5.75 Å². The number of hydrogen-bond donors (Lipinski definition) is 1. The van der Waals surface area contributed by atoms with Crippen molar-refractivity contribution in [1.82, 2.24) is 5.32 Å². The van der Waals surface area contributed by atoms with Crippen molar-refractivity contribution in [2.75, 3.05) is 17.1 Å². The lowest BCUT2D eigenvalue weighted by atomic mass is 9.89. The van der Waals surface area contributed by atoms with E-state index in [1.165, 1.54) is 34.3 Å². The molecule has 6 nitrogen and oxygen atoms in total. The Hall–Kier alpha value is -2.25. The molecule has 2 atom stereocenters. The minimum absolute atomic E-state index is 0.102. The van der Waals surface area contributed by atoms with E-state index in [2.05, 4.69) is 23.5 Å². The van der Waals surface area contributed by atoms with E-state index < -0.39 is 16.1 Å². The molecule has 1 heterocycles. The van der Waals surface area contributed by atoms with Gasteiger partial charge in [-0.3, -0.25) is 9.10 Å². The highest BCUT2D eigenvalue weighted by atomic mass is 35.5. The third-order valence-corrected chi connectivity index (χ3v) is 7.10. The highest BCUT2D eigenvalue weighted by Crippen LogP contribution is 2.37. The molecular formula is C22H25ClN2O4S. The molecule has 0 fully saturated rings. The standard InChI is InChI=1S/C22H25ClN2O4S/c1-14(16-8-7-15-5-3-4-6-17(15)11-16)24-22(26)21-13-25(30(2,27)28)19-12-18(23)9-10-20(19)29-21/h7-12,14,21H,3-6,13H2,1-2H3,(H,24,26)/t14-,21-/m0/s1. The molecule has 4 rings (SSSR count). The molecule has 2 aromatic carbocycles. The summed E-state index contributed by atoms with van der Waals surface area (Å²) in [5.41, 5.74) is 4.12. The summed E-state index contributed by atoms with van der Waals surface area (Å²) < 4.78 is 31.6. The maximum absolute atomic E-state index is 12.9. The van der Waals surface area contributed by atoms with Gasteiger partial charge in [0.25, 0.3) is 5.91 Å². The number of ether oxygens (including phenoxy) is 1. The molecule has 0 radical (unpaired) electrons. The summed E-state index contributed by atoms with van der Waals surface area (Å²) in [5.74, 6) is -0.0351. The van der Waals surface area contributed by atoms with E-state index in [1.807, 2.05) is 6.92 Å². The second kappa shape index (κ2) is 8.12. The third kappa shape index (κ3) is 4.27. The Morgan fingerprint density at radius 3 is 2.63 bits per heavy atom. The van der Waals surface area contributed by atoms with Crippen LogP contribution in [0.3, 0.4) is 0 Å². The van der Waals surface area contributed by atoms with E-state index in [4.69, 9.17) is 16.3 Å². The average Bonchev–Trinajstić information content (AvgIpc) is 2.71. The number of anilines is 1. The van der Waals surface area contributed by atoms with Crippen molar-refractivity contribution >= 4 is 33.2 Å². The molecule has 0 aromatic heterocycles. The number of hydrogen-bond acceptors (Lipinski definition) is 4. The van der Waals surface area contributed by atoms with Gasteiger partial charge < -0.3 is 10.1 Å². The smallest absolute Gasteiger partial charge is 0.263 e. The van der Waals surface area contributed by atoms with Gasteiger partial charge in [0.2, 0.25) is 10.0 Å². The minimum Gasteiger partial charge on any atom is -0.476 e. The normalized spacial score (nSPS) is 19.3.